The average molecular weight is 429 g/mol. The lowest BCUT2D eigenvalue weighted by Crippen LogP contribution is -2.47. The molecule has 1 saturated heterocycles. The summed E-state index contributed by atoms with van der Waals surface area (Å²) in [5, 5.41) is 11.8. The lowest BCUT2D eigenvalue weighted by Gasteiger charge is -2.35. The maximum absolute atomic E-state index is 13.5. The largest absolute Gasteiger partial charge is 0.497 e. The summed E-state index contributed by atoms with van der Waals surface area (Å²) in [6.45, 7) is 6.91. The van der Waals surface area contributed by atoms with E-state index < -0.39 is 6.04 Å². The summed E-state index contributed by atoms with van der Waals surface area (Å²) in [4.78, 5) is 29.8. The predicted molar refractivity (Wildman–Crippen MR) is 115 cm³/mol. The molecule has 1 atom stereocenters. The molecule has 1 aromatic heterocycles. The van der Waals surface area contributed by atoms with E-state index >= 15 is 0 Å². The van der Waals surface area contributed by atoms with Crippen molar-refractivity contribution in [1.82, 2.24) is 30.0 Å². The monoisotopic (exact) mass is 428 g/mol. The van der Waals surface area contributed by atoms with Crippen LogP contribution in [0.4, 0.5) is 0 Å². The molecular weight excluding hydrogens is 396 g/mol. The number of piperidine rings is 1. The third-order valence-corrected chi connectivity index (χ3v) is 6.08. The van der Waals surface area contributed by atoms with Crippen LogP contribution in [0.2, 0.25) is 0 Å². The van der Waals surface area contributed by atoms with Crippen LogP contribution in [0.3, 0.4) is 0 Å². The molecule has 0 aliphatic carbocycles. The van der Waals surface area contributed by atoms with E-state index in [1.54, 1.807) is 23.6 Å². The highest BCUT2D eigenvalue weighted by molar-refractivity contribution is 5.82. The van der Waals surface area contributed by atoms with Crippen molar-refractivity contribution in [2.24, 2.45) is 5.92 Å². The number of nitrogens with zero attached hydrogens (tertiary/aromatic N) is 6. The van der Waals surface area contributed by atoms with E-state index in [9.17, 15) is 9.59 Å². The Morgan fingerprint density at radius 3 is 2.55 bits per heavy atom. The molecule has 1 fully saturated rings. The van der Waals surface area contributed by atoms with Crippen molar-refractivity contribution in [3.8, 4) is 5.75 Å². The van der Waals surface area contributed by atoms with Gasteiger partial charge in [-0.15, -0.1) is 5.10 Å². The van der Waals surface area contributed by atoms with Gasteiger partial charge in [0.2, 0.25) is 11.8 Å². The molecule has 168 valence electrons. The molecule has 2 amide bonds. The molecule has 0 unspecified atom stereocenters. The molecule has 0 radical (unpaired) electrons. The zero-order valence-electron chi connectivity index (χ0n) is 19.0. The molecule has 3 rings (SSSR count). The minimum Gasteiger partial charge on any atom is -0.497 e. The van der Waals surface area contributed by atoms with Crippen molar-refractivity contribution in [3.05, 3.63) is 35.7 Å². The average Bonchev–Trinajstić information content (AvgIpc) is 3.21. The number of carbonyl (C=O) groups excluding carboxylic acids is 2. The van der Waals surface area contributed by atoms with Crippen molar-refractivity contribution >= 4 is 11.8 Å². The second-order valence-corrected chi connectivity index (χ2v) is 8.38. The van der Waals surface area contributed by atoms with Gasteiger partial charge in [0, 0.05) is 38.5 Å². The minimum atomic E-state index is -0.548. The first-order valence-electron chi connectivity index (χ1n) is 10.7. The van der Waals surface area contributed by atoms with Crippen LogP contribution in [0, 0.1) is 12.8 Å². The van der Waals surface area contributed by atoms with Crippen molar-refractivity contribution in [3.63, 3.8) is 0 Å². The van der Waals surface area contributed by atoms with E-state index in [0.29, 0.717) is 38.2 Å². The summed E-state index contributed by atoms with van der Waals surface area (Å²) < 4.78 is 6.91. The maximum Gasteiger partial charge on any atom is 0.247 e. The van der Waals surface area contributed by atoms with Gasteiger partial charge in [0.15, 0.2) is 0 Å². The van der Waals surface area contributed by atoms with Gasteiger partial charge in [-0.05, 0) is 61.7 Å². The Morgan fingerprint density at radius 2 is 1.97 bits per heavy atom. The van der Waals surface area contributed by atoms with Gasteiger partial charge in [-0.25, -0.2) is 4.68 Å². The van der Waals surface area contributed by atoms with Crippen LogP contribution in [0.25, 0.3) is 0 Å². The van der Waals surface area contributed by atoms with Gasteiger partial charge < -0.3 is 14.5 Å². The lowest BCUT2D eigenvalue weighted by atomic mass is 9.94. The SMILES string of the molecule is COc1cccc(C[C@H](C(=O)N2CCC(C(=O)N(C)C(C)C)CC2)n2nnnc2C)c1. The molecule has 9 nitrogen and oxygen atoms in total. The van der Waals surface area contributed by atoms with Crippen molar-refractivity contribution in [2.45, 2.75) is 52.1 Å². The fourth-order valence-electron chi connectivity index (χ4n) is 3.93. The van der Waals surface area contributed by atoms with E-state index in [1.807, 2.05) is 50.1 Å². The van der Waals surface area contributed by atoms with Crippen LogP contribution in [-0.4, -0.2) is 75.1 Å². The molecule has 31 heavy (non-hydrogen) atoms. The maximum atomic E-state index is 13.5. The second kappa shape index (κ2) is 9.89. The molecule has 0 N–H and O–H groups in total. The predicted octanol–water partition coefficient (Wildman–Crippen LogP) is 1.88. The number of aromatic nitrogens is 4. The van der Waals surface area contributed by atoms with Gasteiger partial charge in [0.25, 0.3) is 0 Å². The Bertz CT molecular complexity index is 904. The standard InChI is InChI=1S/C22H32N6O3/c1-15(2)26(4)21(29)18-9-11-27(12-10-18)22(30)20(28-16(3)23-24-25-28)14-17-7-6-8-19(13-17)31-5/h6-8,13,15,18,20H,9-12,14H2,1-5H3/t20-/m1/s1. The molecule has 2 heterocycles. The zero-order chi connectivity index (χ0) is 22.5. The molecule has 9 heteroatoms. The Kier molecular flexibility index (Phi) is 7.25. The van der Waals surface area contributed by atoms with Crippen LogP contribution in [0.15, 0.2) is 24.3 Å². The Labute approximate surface area is 183 Å². The van der Waals surface area contributed by atoms with E-state index in [2.05, 4.69) is 15.5 Å². The minimum absolute atomic E-state index is 0.0265. The van der Waals surface area contributed by atoms with Gasteiger partial charge in [-0.3, -0.25) is 9.59 Å². The molecule has 2 aromatic rings. The number of tetrazole rings is 1. The number of benzene rings is 1. The third-order valence-electron chi connectivity index (χ3n) is 6.08. The first kappa shape index (κ1) is 22.7. The fourth-order valence-corrected chi connectivity index (χ4v) is 3.93. The number of hydrogen-bond donors (Lipinski definition) is 0. The molecule has 0 spiro atoms. The molecule has 0 bridgehead atoms. The van der Waals surface area contributed by atoms with E-state index in [0.717, 1.165) is 11.3 Å². The fraction of sp³-hybridized carbons (Fsp3) is 0.591. The summed E-state index contributed by atoms with van der Waals surface area (Å²) in [5.74, 6) is 1.42. The Hall–Kier alpha value is -2.97. The Morgan fingerprint density at radius 1 is 1.26 bits per heavy atom. The van der Waals surface area contributed by atoms with E-state index in [4.69, 9.17) is 4.74 Å². The number of aryl methyl sites for hydroxylation is 1. The van der Waals surface area contributed by atoms with E-state index in [1.165, 1.54) is 0 Å². The third kappa shape index (κ3) is 5.21. The Balaban J connectivity index is 1.74. The number of ether oxygens (including phenoxy) is 1. The summed E-state index contributed by atoms with van der Waals surface area (Å²) >= 11 is 0. The number of carbonyl (C=O) groups is 2. The summed E-state index contributed by atoms with van der Waals surface area (Å²) in [5.41, 5.74) is 0.969. The van der Waals surface area contributed by atoms with Crippen LogP contribution in [0.5, 0.6) is 5.75 Å². The molecule has 1 aromatic carbocycles. The van der Waals surface area contributed by atoms with Crippen molar-refractivity contribution in [1.29, 1.82) is 0 Å². The molecule has 1 aliphatic rings. The highest BCUT2D eigenvalue weighted by Crippen LogP contribution is 2.25. The van der Waals surface area contributed by atoms with Gasteiger partial charge in [-0.2, -0.15) is 0 Å². The molecule has 0 saturated carbocycles. The second-order valence-electron chi connectivity index (χ2n) is 8.38. The lowest BCUT2D eigenvalue weighted by molar-refractivity contribution is -0.142. The number of likely N-dealkylation sites (tertiary alicyclic amines) is 1. The number of hydrogen-bond acceptors (Lipinski definition) is 6. The number of rotatable bonds is 7. The number of methoxy groups -OCH3 is 1. The first-order chi connectivity index (χ1) is 14.8. The highest BCUT2D eigenvalue weighted by atomic mass is 16.5. The smallest absolute Gasteiger partial charge is 0.247 e. The quantitative estimate of drug-likeness (QED) is 0.668. The van der Waals surface area contributed by atoms with Crippen LogP contribution < -0.4 is 4.74 Å². The van der Waals surface area contributed by atoms with Crippen LogP contribution in [0.1, 0.15) is 44.1 Å². The van der Waals surface area contributed by atoms with Crippen LogP contribution >= 0.6 is 0 Å². The summed E-state index contributed by atoms with van der Waals surface area (Å²) in [6.07, 6.45) is 1.79. The van der Waals surface area contributed by atoms with Crippen LogP contribution in [-0.2, 0) is 16.0 Å². The summed E-state index contributed by atoms with van der Waals surface area (Å²) in [6, 6.07) is 7.29. The zero-order valence-corrected chi connectivity index (χ0v) is 19.0. The highest BCUT2D eigenvalue weighted by Gasteiger charge is 2.34. The van der Waals surface area contributed by atoms with Gasteiger partial charge >= 0.3 is 0 Å². The van der Waals surface area contributed by atoms with E-state index in [-0.39, 0.29) is 23.8 Å². The van der Waals surface area contributed by atoms with Gasteiger partial charge in [0.05, 0.1) is 7.11 Å². The van der Waals surface area contributed by atoms with Crippen molar-refractivity contribution < 1.29 is 14.3 Å². The van der Waals surface area contributed by atoms with Gasteiger partial charge in [-0.1, -0.05) is 12.1 Å². The molecule has 1 aliphatic heterocycles. The van der Waals surface area contributed by atoms with Crippen molar-refractivity contribution in [2.75, 3.05) is 27.2 Å². The number of amides is 2. The topological polar surface area (TPSA) is 93.5 Å². The normalized spacial score (nSPS) is 15.7. The first-order valence-corrected chi connectivity index (χ1v) is 10.7. The van der Waals surface area contributed by atoms with Gasteiger partial charge in [0.1, 0.15) is 17.6 Å². The summed E-state index contributed by atoms with van der Waals surface area (Å²) in [7, 11) is 3.46. The molecular formula is C22H32N6O3.